The van der Waals surface area contributed by atoms with E-state index in [2.05, 4.69) is 10.1 Å². The van der Waals surface area contributed by atoms with Crippen LogP contribution in [0, 0.1) is 17.0 Å². The molecule has 0 radical (unpaired) electrons. The van der Waals surface area contributed by atoms with Crippen LogP contribution in [0.25, 0.3) is 22.4 Å². The highest BCUT2D eigenvalue weighted by molar-refractivity contribution is 6.07. The number of hydrogen-bond donors (Lipinski definition) is 0. The number of hydrogen-bond acceptors (Lipinski definition) is 6. The lowest BCUT2D eigenvalue weighted by Crippen LogP contribution is -2.35. The number of aryl methyl sites for hydroxylation is 1. The number of nitrogens with zero attached hydrogens (tertiary/aromatic N) is 4. The van der Waals surface area contributed by atoms with E-state index in [1.807, 2.05) is 4.90 Å². The Kier molecular flexibility index (Phi) is 4.31. The standard InChI is InChI=1S/C19H18N4O4/c1-12-17-15(19(24)22-8-3-2-4-9-22)11-16(20-18(17)27-21-12)13-6-5-7-14(10-13)23(25)26/h5-7,10-11H,2-4,8-9H2,1H3. The Morgan fingerprint density at radius 2 is 2.00 bits per heavy atom. The fourth-order valence-corrected chi connectivity index (χ4v) is 3.46. The molecule has 8 nitrogen and oxygen atoms in total. The number of nitro groups is 1. The van der Waals surface area contributed by atoms with Gasteiger partial charge in [0.25, 0.3) is 17.3 Å². The first-order valence-corrected chi connectivity index (χ1v) is 8.86. The molecule has 1 fully saturated rings. The van der Waals surface area contributed by atoms with Crippen LogP contribution < -0.4 is 0 Å². The maximum atomic E-state index is 13.1. The van der Waals surface area contributed by atoms with Crippen molar-refractivity contribution in [1.29, 1.82) is 0 Å². The number of fused-ring (bicyclic) bond motifs is 1. The van der Waals surface area contributed by atoms with Crippen LogP contribution in [0.5, 0.6) is 0 Å². The Morgan fingerprint density at radius 3 is 2.74 bits per heavy atom. The second-order valence-electron chi connectivity index (χ2n) is 6.66. The Balaban J connectivity index is 1.85. The third-order valence-electron chi connectivity index (χ3n) is 4.84. The van der Waals surface area contributed by atoms with E-state index in [0.29, 0.717) is 27.9 Å². The molecule has 0 N–H and O–H groups in total. The molecule has 1 aliphatic rings. The van der Waals surface area contributed by atoms with Crippen LogP contribution in [0.4, 0.5) is 5.69 Å². The van der Waals surface area contributed by atoms with Crippen LogP contribution in [0.3, 0.4) is 0 Å². The largest absolute Gasteiger partial charge is 0.339 e. The van der Waals surface area contributed by atoms with E-state index >= 15 is 0 Å². The minimum atomic E-state index is -0.458. The summed E-state index contributed by atoms with van der Waals surface area (Å²) in [7, 11) is 0. The zero-order valence-corrected chi connectivity index (χ0v) is 14.8. The van der Waals surface area contributed by atoms with Gasteiger partial charge in [-0.3, -0.25) is 14.9 Å². The van der Waals surface area contributed by atoms with E-state index in [-0.39, 0.29) is 17.3 Å². The number of rotatable bonds is 3. The predicted molar refractivity (Wildman–Crippen MR) is 98.4 cm³/mol. The molecule has 3 heterocycles. The number of pyridine rings is 1. The predicted octanol–water partition coefficient (Wildman–Crippen LogP) is 3.73. The molecule has 8 heteroatoms. The first-order valence-electron chi connectivity index (χ1n) is 8.86. The van der Waals surface area contributed by atoms with Gasteiger partial charge in [0.05, 0.1) is 27.3 Å². The number of aromatic nitrogens is 2. The number of amides is 1. The number of benzene rings is 1. The first kappa shape index (κ1) is 17.1. The molecule has 4 rings (SSSR count). The summed E-state index contributed by atoms with van der Waals surface area (Å²) in [6, 6.07) is 7.85. The average Bonchev–Trinajstić information content (AvgIpc) is 3.08. The van der Waals surface area contributed by atoms with Crippen LogP contribution in [0.2, 0.25) is 0 Å². The molecule has 2 aromatic heterocycles. The number of carbonyl (C=O) groups excluding carboxylic acids is 1. The quantitative estimate of drug-likeness (QED) is 0.517. The van der Waals surface area contributed by atoms with Crippen molar-refractivity contribution in [2.24, 2.45) is 0 Å². The minimum Gasteiger partial charge on any atom is -0.339 e. The molecule has 0 saturated carbocycles. The second-order valence-corrected chi connectivity index (χ2v) is 6.66. The molecule has 1 saturated heterocycles. The molecular formula is C19H18N4O4. The van der Waals surface area contributed by atoms with Gasteiger partial charge in [-0.1, -0.05) is 17.3 Å². The Bertz CT molecular complexity index is 1040. The second kappa shape index (κ2) is 6.79. The molecule has 1 amide bonds. The number of nitro benzene ring substituents is 1. The third kappa shape index (κ3) is 3.14. The molecule has 1 aromatic carbocycles. The van der Waals surface area contributed by atoms with E-state index in [9.17, 15) is 14.9 Å². The molecule has 0 atom stereocenters. The van der Waals surface area contributed by atoms with Crippen molar-refractivity contribution in [1.82, 2.24) is 15.0 Å². The summed E-state index contributed by atoms with van der Waals surface area (Å²) < 4.78 is 5.30. The maximum Gasteiger partial charge on any atom is 0.270 e. The van der Waals surface area contributed by atoms with Gasteiger partial charge in [-0.05, 0) is 32.3 Å². The van der Waals surface area contributed by atoms with Gasteiger partial charge in [0.15, 0.2) is 0 Å². The van der Waals surface area contributed by atoms with Crippen LogP contribution in [-0.2, 0) is 0 Å². The van der Waals surface area contributed by atoms with Crippen LogP contribution >= 0.6 is 0 Å². The lowest BCUT2D eigenvalue weighted by Gasteiger charge is -2.27. The van der Waals surface area contributed by atoms with E-state index < -0.39 is 4.92 Å². The van der Waals surface area contributed by atoms with E-state index in [4.69, 9.17) is 4.52 Å². The summed E-state index contributed by atoms with van der Waals surface area (Å²) in [5, 5.41) is 15.6. The highest BCUT2D eigenvalue weighted by atomic mass is 16.6. The molecular weight excluding hydrogens is 348 g/mol. The average molecular weight is 366 g/mol. The van der Waals surface area contributed by atoms with Gasteiger partial charge in [-0.25, -0.2) is 4.98 Å². The van der Waals surface area contributed by atoms with Crippen molar-refractivity contribution < 1.29 is 14.2 Å². The minimum absolute atomic E-state index is 0.0351. The Labute approximate surface area is 154 Å². The maximum absolute atomic E-state index is 13.1. The highest BCUT2D eigenvalue weighted by Gasteiger charge is 2.24. The number of piperidine rings is 1. The van der Waals surface area contributed by atoms with Gasteiger partial charge in [-0.2, -0.15) is 0 Å². The van der Waals surface area contributed by atoms with Gasteiger partial charge < -0.3 is 9.42 Å². The first-order chi connectivity index (χ1) is 13.0. The lowest BCUT2D eigenvalue weighted by atomic mass is 10.0. The van der Waals surface area contributed by atoms with Gasteiger partial charge in [0, 0.05) is 30.8 Å². The lowest BCUT2D eigenvalue weighted by molar-refractivity contribution is -0.384. The molecule has 0 unspecified atom stereocenters. The van der Waals surface area contributed by atoms with E-state index in [1.165, 1.54) is 12.1 Å². The zero-order valence-electron chi connectivity index (χ0n) is 14.8. The van der Waals surface area contributed by atoms with Gasteiger partial charge in [-0.15, -0.1) is 0 Å². The molecule has 3 aromatic rings. The van der Waals surface area contributed by atoms with Crippen molar-refractivity contribution in [3.05, 3.63) is 51.7 Å². The van der Waals surface area contributed by atoms with Crippen LogP contribution in [0.15, 0.2) is 34.9 Å². The summed E-state index contributed by atoms with van der Waals surface area (Å²) in [5.74, 6) is -0.0833. The summed E-state index contributed by atoms with van der Waals surface area (Å²) in [6.45, 7) is 3.21. The van der Waals surface area contributed by atoms with Crippen molar-refractivity contribution >= 4 is 22.7 Å². The zero-order chi connectivity index (χ0) is 19.0. The molecule has 0 bridgehead atoms. The Morgan fingerprint density at radius 1 is 1.22 bits per heavy atom. The van der Waals surface area contributed by atoms with Crippen molar-refractivity contribution in [2.75, 3.05) is 13.1 Å². The normalized spacial score (nSPS) is 14.5. The van der Waals surface area contributed by atoms with Crippen molar-refractivity contribution in [2.45, 2.75) is 26.2 Å². The fraction of sp³-hybridized carbons (Fsp3) is 0.316. The monoisotopic (exact) mass is 366 g/mol. The van der Waals surface area contributed by atoms with Crippen molar-refractivity contribution in [3.63, 3.8) is 0 Å². The number of likely N-dealkylation sites (tertiary alicyclic amines) is 1. The smallest absolute Gasteiger partial charge is 0.270 e. The number of carbonyl (C=O) groups is 1. The van der Waals surface area contributed by atoms with E-state index in [1.54, 1.807) is 25.1 Å². The van der Waals surface area contributed by atoms with E-state index in [0.717, 1.165) is 32.4 Å². The van der Waals surface area contributed by atoms with Crippen LogP contribution in [0.1, 0.15) is 35.3 Å². The molecule has 27 heavy (non-hydrogen) atoms. The van der Waals surface area contributed by atoms with Gasteiger partial charge >= 0.3 is 0 Å². The number of non-ortho nitro benzene ring substituents is 1. The van der Waals surface area contributed by atoms with Gasteiger partial charge in [0.2, 0.25) is 0 Å². The summed E-state index contributed by atoms with van der Waals surface area (Å²) in [6.07, 6.45) is 3.10. The molecule has 0 spiro atoms. The summed E-state index contributed by atoms with van der Waals surface area (Å²) in [5.41, 5.74) is 2.30. The Hall–Kier alpha value is -3.29. The van der Waals surface area contributed by atoms with Crippen molar-refractivity contribution in [3.8, 4) is 11.3 Å². The summed E-state index contributed by atoms with van der Waals surface area (Å²) in [4.78, 5) is 30.0. The third-order valence-corrected chi connectivity index (χ3v) is 4.84. The molecule has 138 valence electrons. The highest BCUT2D eigenvalue weighted by Crippen LogP contribution is 2.30. The SMILES string of the molecule is Cc1noc2nc(-c3cccc([N+](=O)[O-])c3)cc(C(=O)N3CCCCC3)c12. The summed E-state index contributed by atoms with van der Waals surface area (Å²) >= 11 is 0. The van der Waals surface area contributed by atoms with Gasteiger partial charge in [0.1, 0.15) is 0 Å². The molecule has 0 aliphatic carbocycles. The fourth-order valence-electron chi connectivity index (χ4n) is 3.46. The topological polar surface area (TPSA) is 102 Å². The van der Waals surface area contributed by atoms with Crippen LogP contribution in [-0.4, -0.2) is 39.0 Å². The molecule has 1 aliphatic heterocycles.